The fourth-order valence-corrected chi connectivity index (χ4v) is 2.53. The topological polar surface area (TPSA) is 28.4 Å². The first-order valence-electron chi connectivity index (χ1n) is 7.11. The second kappa shape index (κ2) is 6.67. The lowest BCUT2D eigenvalue weighted by molar-refractivity contribution is 0.424. The Morgan fingerprint density at radius 2 is 2.00 bits per heavy atom. The highest BCUT2D eigenvalue weighted by Gasteiger charge is 2.11. The predicted octanol–water partition coefficient (Wildman–Crippen LogP) is 4.57. The van der Waals surface area contributed by atoms with E-state index in [0.717, 1.165) is 17.6 Å². The number of anilines is 1. The summed E-state index contributed by atoms with van der Waals surface area (Å²) in [6.07, 6.45) is 3.49. The van der Waals surface area contributed by atoms with Gasteiger partial charge < -0.3 is 14.6 Å². The van der Waals surface area contributed by atoms with Crippen molar-refractivity contribution in [2.24, 2.45) is 0 Å². The summed E-state index contributed by atoms with van der Waals surface area (Å²) < 4.78 is 6.25. The van der Waals surface area contributed by atoms with Crippen LogP contribution in [0.2, 0.25) is 0 Å². The summed E-state index contributed by atoms with van der Waals surface area (Å²) in [5.74, 6) is 0. The Balaban J connectivity index is 2.04. The molecule has 1 N–H and O–H groups in total. The van der Waals surface area contributed by atoms with Crippen LogP contribution >= 0.6 is 15.9 Å². The molecule has 1 aromatic carbocycles. The molecule has 0 aliphatic rings. The average Bonchev–Trinajstić information content (AvgIpc) is 2.89. The maximum absolute atomic E-state index is 5.11. The van der Waals surface area contributed by atoms with Gasteiger partial charge in [0.1, 0.15) is 0 Å². The predicted molar refractivity (Wildman–Crippen MR) is 91.5 cm³/mol. The second-order valence-electron chi connectivity index (χ2n) is 6.37. The number of hydrogen-bond acceptors (Lipinski definition) is 3. The van der Waals surface area contributed by atoms with E-state index in [0.29, 0.717) is 0 Å². The molecule has 0 radical (unpaired) electrons. The van der Waals surface area contributed by atoms with Gasteiger partial charge >= 0.3 is 0 Å². The molecular weight excluding hydrogens is 328 g/mol. The molecule has 0 unspecified atom stereocenters. The third-order valence-electron chi connectivity index (χ3n) is 3.29. The van der Waals surface area contributed by atoms with Crippen molar-refractivity contribution in [2.75, 3.05) is 11.9 Å². The lowest BCUT2D eigenvalue weighted by atomic mass is 10.1. The number of rotatable bonds is 5. The molecule has 0 spiro atoms. The van der Waals surface area contributed by atoms with Gasteiger partial charge in [-0.05, 0) is 44.5 Å². The molecule has 0 atom stereocenters. The summed E-state index contributed by atoms with van der Waals surface area (Å²) >= 11 is 3.68. The minimum absolute atomic E-state index is 0.121. The Labute approximate surface area is 135 Å². The number of benzene rings is 1. The molecule has 0 amide bonds. The highest BCUT2D eigenvalue weighted by atomic mass is 79.9. The van der Waals surface area contributed by atoms with E-state index in [1.165, 1.54) is 16.8 Å². The van der Waals surface area contributed by atoms with Crippen LogP contribution in [-0.4, -0.2) is 12.6 Å². The van der Waals surface area contributed by atoms with Crippen molar-refractivity contribution in [1.82, 2.24) is 5.32 Å². The molecule has 0 fully saturated rings. The van der Waals surface area contributed by atoms with Gasteiger partial charge in [0, 0.05) is 41.4 Å². The molecule has 0 bridgehead atoms. The number of nitrogens with one attached hydrogen (secondary N) is 1. The Morgan fingerprint density at radius 3 is 2.57 bits per heavy atom. The van der Waals surface area contributed by atoms with Crippen LogP contribution < -0.4 is 10.2 Å². The molecule has 2 rings (SSSR count). The van der Waals surface area contributed by atoms with Crippen molar-refractivity contribution in [1.29, 1.82) is 0 Å². The zero-order chi connectivity index (χ0) is 15.5. The number of hydrogen-bond donors (Lipinski definition) is 1. The van der Waals surface area contributed by atoms with Crippen LogP contribution in [0.5, 0.6) is 0 Å². The highest BCUT2D eigenvalue weighted by molar-refractivity contribution is 9.10. The van der Waals surface area contributed by atoms with Gasteiger partial charge in [-0.1, -0.05) is 22.0 Å². The molecule has 114 valence electrons. The normalized spacial score (nSPS) is 11.7. The number of halogens is 1. The fraction of sp³-hybridized carbons (Fsp3) is 0.412. The van der Waals surface area contributed by atoms with Crippen molar-refractivity contribution in [2.45, 2.75) is 39.4 Å². The van der Waals surface area contributed by atoms with E-state index in [1.54, 1.807) is 12.5 Å². The van der Waals surface area contributed by atoms with E-state index in [-0.39, 0.29) is 5.54 Å². The molecule has 0 saturated carbocycles. The summed E-state index contributed by atoms with van der Waals surface area (Å²) in [6, 6.07) is 8.49. The van der Waals surface area contributed by atoms with Crippen LogP contribution in [0.1, 0.15) is 31.9 Å². The summed E-state index contributed by atoms with van der Waals surface area (Å²) in [5, 5.41) is 3.51. The van der Waals surface area contributed by atoms with E-state index < -0.39 is 0 Å². The maximum atomic E-state index is 5.11. The van der Waals surface area contributed by atoms with Crippen LogP contribution in [0.4, 0.5) is 5.69 Å². The van der Waals surface area contributed by atoms with Gasteiger partial charge in [0.2, 0.25) is 0 Å². The van der Waals surface area contributed by atoms with Crippen LogP contribution in [0.3, 0.4) is 0 Å². The fourth-order valence-electron chi connectivity index (χ4n) is 2.03. The Hall–Kier alpha value is -1.26. The van der Waals surface area contributed by atoms with Crippen LogP contribution in [0, 0.1) is 0 Å². The van der Waals surface area contributed by atoms with E-state index in [1.807, 2.05) is 6.07 Å². The van der Waals surface area contributed by atoms with E-state index >= 15 is 0 Å². The van der Waals surface area contributed by atoms with Gasteiger partial charge in [-0.15, -0.1) is 0 Å². The maximum Gasteiger partial charge on any atom is 0.0952 e. The molecule has 1 heterocycles. The number of furan rings is 1. The SMILES string of the molecule is CN(Cc1ccoc1)c1ccc(CNC(C)(C)C)c(Br)c1. The minimum atomic E-state index is 0.121. The number of nitrogens with zero attached hydrogens (tertiary/aromatic N) is 1. The molecule has 0 saturated heterocycles. The van der Waals surface area contributed by atoms with Gasteiger partial charge in [-0.3, -0.25) is 0 Å². The lowest BCUT2D eigenvalue weighted by Gasteiger charge is -2.22. The van der Waals surface area contributed by atoms with E-state index in [4.69, 9.17) is 4.42 Å². The van der Waals surface area contributed by atoms with Gasteiger partial charge in [0.25, 0.3) is 0 Å². The summed E-state index contributed by atoms with van der Waals surface area (Å²) in [5.41, 5.74) is 3.75. The molecule has 0 aliphatic carbocycles. The van der Waals surface area contributed by atoms with Gasteiger partial charge in [-0.25, -0.2) is 0 Å². The van der Waals surface area contributed by atoms with E-state index in [2.05, 4.69) is 72.2 Å². The van der Waals surface area contributed by atoms with E-state index in [9.17, 15) is 0 Å². The first kappa shape index (κ1) is 16.1. The molecular formula is C17H23BrN2O. The third kappa shape index (κ3) is 4.90. The average molecular weight is 351 g/mol. The summed E-state index contributed by atoms with van der Waals surface area (Å²) in [4.78, 5) is 2.20. The Bertz CT molecular complexity index is 573. The van der Waals surface area contributed by atoms with Gasteiger partial charge in [0.15, 0.2) is 0 Å². The molecule has 1 aromatic heterocycles. The standard InChI is InChI=1S/C17H23BrN2O/c1-17(2,3)19-10-14-5-6-15(9-16(14)18)20(4)11-13-7-8-21-12-13/h5-9,12,19H,10-11H2,1-4H3. The minimum Gasteiger partial charge on any atom is -0.472 e. The molecule has 2 aromatic rings. The molecule has 21 heavy (non-hydrogen) atoms. The van der Waals surface area contributed by atoms with Crippen LogP contribution in [0.15, 0.2) is 45.7 Å². The van der Waals surface area contributed by atoms with Crippen molar-refractivity contribution < 1.29 is 4.42 Å². The Morgan fingerprint density at radius 1 is 1.24 bits per heavy atom. The summed E-state index contributed by atoms with van der Waals surface area (Å²) in [6.45, 7) is 8.22. The first-order valence-corrected chi connectivity index (χ1v) is 7.90. The van der Waals surface area contributed by atoms with Crippen molar-refractivity contribution in [3.05, 3.63) is 52.4 Å². The van der Waals surface area contributed by atoms with Crippen LogP contribution in [-0.2, 0) is 13.1 Å². The largest absolute Gasteiger partial charge is 0.472 e. The highest BCUT2D eigenvalue weighted by Crippen LogP contribution is 2.25. The summed E-state index contributed by atoms with van der Waals surface area (Å²) in [7, 11) is 2.09. The molecule has 0 aliphatic heterocycles. The zero-order valence-electron chi connectivity index (χ0n) is 13.1. The first-order chi connectivity index (χ1) is 9.85. The van der Waals surface area contributed by atoms with Crippen molar-refractivity contribution in [3.63, 3.8) is 0 Å². The second-order valence-corrected chi connectivity index (χ2v) is 7.22. The quantitative estimate of drug-likeness (QED) is 0.856. The molecule has 4 heteroatoms. The van der Waals surface area contributed by atoms with Gasteiger partial charge in [-0.2, -0.15) is 0 Å². The zero-order valence-corrected chi connectivity index (χ0v) is 14.7. The van der Waals surface area contributed by atoms with Gasteiger partial charge in [0.05, 0.1) is 12.5 Å². The lowest BCUT2D eigenvalue weighted by Crippen LogP contribution is -2.35. The monoisotopic (exact) mass is 350 g/mol. The van der Waals surface area contributed by atoms with Crippen LogP contribution in [0.25, 0.3) is 0 Å². The Kier molecular flexibility index (Phi) is 5.12. The van der Waals surface area contributed by atoms with Crippen molar-refractivity contribution in [3.8, 4) is 0 Å². The van der Waals surface area contributed by atoms with Crippen molar-refractivity contribution >= 4 is 21.6 Å². The third-order valence-corrected chi connectivity index (χ3v) is 4.02. The molecule has 3 nitrogen and oxygen atoms in total. The smallest absolute Gasteiger partial charge is 0.0952 e.